The van der Waals surface area contributed by atoms with Gasteiger partial charge in [-0.05, 0) is 23.8 Å². The molecule has 1 heterocycles. The Morgan fingerprint density at radius 3 is 2.34 bits per heavy atom. The second-order valence-corrected chi connectivity index (χ2v) is 8.27. The van der Waals surface area contributed by atoms with E-state index in [9.17, 15) is 23.1 Å². The Morgan fingerprint density at radius 1 is 1.03 bits per heavy atom. The topological polar surface area (TPSA) is 111 Å². The molecule has 0 aliphatic rings. The van der Waals surface area contributed by atoms with Crippen LogP contribution in [0.2, 0.25) is 0 Å². The van der Waals surface area contributed by atoms with Crippen molar-refractivity contribution in [1.29, 1.82) is 0 Å². The van der Waals surface area contributed by atoms with Crippen LogP contribution in [0.3, 0.4) is 0 Å². The van der Waals surface area contributed by atoms with Gasteiger partial charge in [0.15, 0.2) is 21.4 Å². The molecule has 0 bridgehead atoms. The summed E-state index contributed by atoms with van der Waals surface area (Å²) in [5, 5.41) is 10.8. The van der Waals surface area contributed by atoms with Gasteiger partial charge in [-0.1, -0.05) is 30.3 Å². The minimum Gasteiger partial charge on any atom is -0.506 e. The quantitative estimate of drug-likeness (QED) is 0.484. The van der Waals surface area contributed by atoms with E-state index in [4.69, 9.17) is 9.15 Å². The molecule has 0 saturated carbocycles. The first-order chi connectivity index (χ1) is 13.8. The zero-order valence-electron chi connectivity index (χ0n) is 15.7. The predicted octanol–water partition coefficient (Wildman–Crippen LogP) is 3.62. The summed E-state index contributed by atoms with van der Waals surface area (Å²) in [6.07, 6.45) is 1.29. The lowest BCUT2D eigenvalue weighted by atomic mass is 9.97. The zero-order valence-corrected chi connectivity index (χ0v) is 16.5. The second-order valence-electron chi connectivity index (χ2n) is 6.28. The number of ether oxygens (including phenoxy) is 1. The number of rotatable bonds is 6. The fourth-order valence-corrected chi connectivity index (χ4v) is 4.40. The Morgan fingerprint density at radius 2 is 1.72 bits per heavy atom. The average molecular weight is 414 g/mol. The van der Waals surface area contributed by atoms with Gasteiger partial charge in [-0.15, -0.1) is 0 Å². The summed E-state index contributed by atoms with van der Waals surface area (Å²) in [7, 11) is -2.65. The molecular formula is C21H18O7S. The van der Waals surface area contributed by atoms with Gasteiger partial charge in [0, 0.05) is 18.1 Å². The largest absolute Gasteiger partial charge is 0.506 e. The Kier molecular flexibility index (Phi) is 5.56. The van der Waals surface area contributed by atoms with E-state index in [2.05, 4.69) is 0 Å². The van der Waals surface area contributed by atoms with Crippen LogP contribution in [0.1, 0.15) is 33.4 Å². The number of hydrogen-bond donors (Lipinski definition) is 1. The van der Waals surface area contributed by atoms with Gasteiger partial charge in [0.05, 0.1) is 24.0 Å². The van der Waals surface area contributed by atoms with Crippen LogP contribution in [0.4, 0.5) is 0 Å². The lowest BCUT2D eigenvalue weighted by Gasteiger charge is -2.14. The van der Waals surface area contributed by atoms with E-state index in [1.165, 1.54) is 43.5 Å². The van der Waals surface area contributed by atoms with Crippen LogP contribution >= 0.6 is 0 Å². The molecule has 0 radical (unpaired) electrons. The summed E-state index contributed by atoms with van der Waals surface area (Å²) < 4.78 is 35.4. The number of phenols is 1. The Labute approximate surface area is 167 Å². The minimum absolute atomic E-state index is 0.0146. The van der Waals surface area contributed by atoms with E-state index < -0.39 is 27.3 Å². The van der Waals surface area contributed by atoms with Crippen molar-refractivity contribution in [3.05, 3.63) is 71.7 Å². The Hall–Kier alpha value is -3.39. The van der Waals surface area contributed by atoms with E-state index in [0.29, 0.717) is 0 Å². The highest BCUT2D eigenvalue weighted by molar-refractivity contribution is 7.90. The van der Waals surface area contributed by atoms with Crippen LogP contribution in [0.5, 0.6) is 5.75 Å². The van der Waals surface area contributed by atoms with Crippen molar-refractivity contribution in [3.8, 4) is 16.9 Å². The average Bonchev–Trinajstić information content (AvgIpc) is 3.18. The summed E-state index contributed by atoms with van der Waals surface area (Å²) >= 11 is 0. The third-order valence-electron chi connectivity index (χ3n) is 4.38. The maximum absolute atomic E-state index is 12.7. The number of aromatic hydroxyl groups is 1. The van der Waals surface area contributed by atoms with Gasteiger partial charge < -0.3 is 14.3 Å². The van der Waals surface area contributed by atoms with Crippen LogP contribution in [0, 0.1) is 0 Å². The van der Waals surface area contributed by atoms with Crippen LogP contribution in [0.15, 0.2) is 64.1 Å². The van der Waals surface area contributed by atoms with Gasteiger partial charge in [-0.3, -0.25) is 4.79 Å². The standard InChI is InChI=1S/C21H18O7S/c1-13(22)20-17(10-11-28-20)16-9-8-14(18(19(16)23)21(24)27-2)12-29(25,26)15-6-4-3-5-7-15/h3-11,23H,12H2,1-2H3. The van der Waals surface area contributed by atoms with Crippen molar-refractivity contribution < 1.29 is 32.3 Å². The number of Topliss-reactive ketones (excluding diaryl/α,β-unsaturated/α-hetero) is 1. The second kappa shape index (κ2) is 7.92. The predicted molar refractivity (Wildman–Crippen MR) is 104 cm³/mol. The molecule has 0 aliphatic carbocycles. The molecule has 29 heavy (non-hydrogen) atoms. The molecule has 0 spiro atoms. The smallest absolute Gasteiger partial charge is 0.341 e. The SMILES string of the molecule is COC(=O)c1c(CS(=O)(=O)c2ccccc2)ccc(-c2ccoc2C(C)=O)c1O. The lowest BCUT2D eigenvalue weighted by molar-refractivity contribution is 0.0596. The highest BCUT2D eigenvalue weighted by atomic mass is 32.2. The Balaban J connectivity index is 2.15. The number of methoxy groups -OCH3 is 1. The van der Waals surface area contributed by atoms with E-state index in [-0.39, 0.29) is 38.7 Å². The number of sulfone groups is 1. The van der Waals surface area contributed by atoms with E-state index in [0.717, 1.165) is 7.11 Å². The fraction of sp³-hybridized carbons (Fsp3) is 0.143. The minimum atomic E-state index is -3.77. The van der Waals surface area contributed by atoms with Gasteiger partial charge in [0.2, 0.25) is 0 Å². The summed E-state index contributed by atoms with van der Waals surface area (Å²) in [5.74, 6) is -2.24. The zero-order chi connectivity index (χ0) is 21.2. The van der Waals surface area contributed by atoms with E-state index in [1.54, 1.807) is 18.2 Å². The highest BCUT2D eigenvalue weighted by Gasteiger charge is 2.27. The molecule has 3 rings (SSSR count). The molecule has 8 heteroatoms. The van der Waals surface area contributed by atoms with E-state index in [1.807, 2.05) is 0 Å². The number of carbonyl (C=O) groups excluding carboxylic acids is 2. The number of carbonyl (C=O) groups is 2. The summed E-state index contributed by atoms with van der Waals surface area (Å²) in [4.78, 5) is 24.2. The Bertz CT molecular complexity index is 1170. The number of hydrogen-bond acceptors (Lipinski definition) is 7. The van der Waals surface area contributed by atoms with E-state index >= 15 is 0 Å². The van der Waals surface area contributed by atoms with Crippen molar-refractivity contribution >= 4 is 21.6 Å². The number of furan rings is 1. The van der Waals surface area contributed by atoms with Crippen LogP contribution in [0.25, 0.3) is 11.1 Å². The first-order valence-electron chi connectivity index (χ1n) is 8.56. The maximum atomic E-state index is 12.7. The van der Waals surface area contributed by atoms with Crippen LogP contribution < -0.4 is 0 Å². The van der Waals surface area contributed by atoms with Crippen molar-refractivity contribution in [2.45, 2.75) is 17.6 Å². The van der Waals surface area contributed by atoms with Gasteiger partial charge in [-0.2, -0.15) is 0 Å². The van der Waals surface area contributed by atoms with Crippen molar-refractivity contribution in [3.63, 3.8) is 0 Å². The molecular weight excluding hydrogens is 396 g/mol. The molecule has 1 aromatic heterocycles. The van der Waals surface area contributed by atoms with Crippen molar-refractivity contribution in [1.82, 2.24) is 0 Å². The number of esters is 1. The molecule has 0 fully saturated rings. The third kappa shape index (κ3) is 3.93. The molecule has 3 aromatic rings. The molecule has 150 valence electrons. The monoisotopic (exact) mass is 414 g/mol. The van der Waals surface area contributed by atoms with Crippen LogP contribution in [-0.4, -0.2) is 32.4 Å². The number of phenolic OH excluding ortho intramolecular Hbond substituents is 1. The van der Waals surface area contributed by atoms with Gasteiger partial charge in [0.1, 0.15) is 11.3 Å². The summed E-state index contributed by atoms with van der Waals surface area (Å²) in [5.41, 5.74) is 0.248. The van der Waals surface area contributed by atoms with Gasteiger partial charge in [0.25, 0.3) is 0 Å². The van der Waals surface area contributed by atoms with Crippen molar-refractivity contribution in [2.24, 2.45) is 0 Å². The normalized spacial score (nSPS) is 11.2. The molecule has 2 aromatic carbocycles. The number of benzene rings is 2. The summed E-state index contributed by atoms with van der Waals surface area (Å²) in [6.45, 7) is 1.31. The third-order valence-corrected chi connectivity index (χ3v) is 6.06. The number of ketones is 1. The molecule has 0 aliphatic heterocycles. The molecule has 0 amide bonds. The molecule has 0 saturated heterocycles. The molecule has 0 atom stereocenters. The highest BCUT2D eigenvalue weighted by Crippen LogP contribution is 2.38. The first kappa shape index (κ1) is 20.3. The molecule has 0 unspecified atom stereocenters. The molecule has 1 N–H and O–H groups in total. The van der Waals surface area contributed by atoms with Gasteiger partial charge >= 0.3 is 5.97 Å². The van der Waals surface area contributed by atoms with Crippen molar-refractivity contribution in [2.75, 3.05) is 7.11 Å². The van der Waals surface area contributed by atoms with Gasteiger partial charge in [-0.25, -0.2) is 13.2 Å². The van der Waals surface area contributed by atoms with Crippen LogP contribution in [-0.2, 0) is 20.3 Å². The maximum Gasteiger partial charge on any atom is 0.341 e. The fourth-order valence-electron chi connectivity index (χ4n) is 3.01. The molecule has 7 nitrogen and oxygen atoms in total. The lowest BCUT2D eigenvalue weighted by Crippen LogP contribution is -2.12. The summed E-state index contributed by atoms with van der Waals surface area (Å²) in [6, 6.07) is 12.1. The first-order valence-corrected chi connectivity index (χ1v) is 10.2.